The molecule has 178 valence electrons. The van der Waals surface area contributed by atoms with E-state index in [-0.39, 0.29) is 6.04 Å². The van der Waals surface area contributed by atoms with Gasteiger partial charge in [0.1, 0.15) is 17.4 Å². The average molecular weight is 464 g/mol. The van der Waals surface area contributed by atoms with Crippen molar-refractivity contribution >= 4 is 22.5 Å². The van der Waals surface area contributed by atoms with Crippen LogP contribution in [0.25, 0.3) is 11.2 Å². The summed E-state index contributed by atoms with van der Waals surface area (Å²) >= 11 is 0. The third-order valence-corrected chi connectivity index (χ3v) is 7.10. The van der Waals surface area contributed by atoms with Gasteiger partial charge in [-0.1, -0.05) is 50.6 Å². The van der Waals surface area contributed by atoms with E-state index in [9.17, 15) is 5.26 Å². The Labute approximate surface area is 208 Å². The standard InChI is InChI=1S/C30H33N5/c1-5-9-25(18-31)35-26-11-8-7-10-23(26)13-14-24-17-22(12-15-27(24)35)19-34-28(6-2)33-29-20(3)16-21(4)32-30(29)34/h7-8,10-12,15-17,25H,5-6,9,13-14,19H2,1-4H3. The highest BCUT2D eigenvalue weighted by Crippen LogP contribution is 2.39. The maximum atomic E-state index is 10.1. The molecule has 5 nitrogen and oxygen atoms in total. The van der Waals surface area contributed by atoms with Gasteiger partial charge < -0.3 is 9.47 Å². The van der Waals surface area contributed by atoms with Gasteiger partial charge >= 0.3 is 0 Å². The molecule has 0 bridgehead atoms. The first-order chi connectivity index (χ1) is 17.0. The van der Waals surface area contributed by atoms with Gasteiger partial charge in [0.25, 0.3) is 0 Å². The molecule has 5 rings (SSSR count). The average Bonchev–Trinajstić information content (AvgIpc) is 3.12. The normalized spacial score (nSPS) is 13.7. The number of anilines is 2. The number of benzene rings is 2. The number of fused-ring (bicyclic) bond motifs is 3. The Morgan fingerprint density at radius 1 is 0.971 bits per heavy atom. The first kappa shape index (κ1) is 23.1. The third kappa shape index (κ3) is 4.18. The molecule has 0 spiro atoms. The molecule has 35 heavy (non-hydrogen) atoms. The van der Waals surface area contributed by atoms with Crippen LogP contribution in [-0.2, 0) is 25.8 Å². The summed E-state index contributed by atoms with van der Waals surface area (Å²) in [6.07, 6.45) is 4.62. The minimum Gasteiger partial charge on any atom is -0.324 e. The molecule has 1 aliphatic rings. The fourth-order valence-electron chi connectivity index (χ4n) is 5.46. The van der Waals surface area contributed by atoms with Gasteiger partial charge in [-0.15, -0.1) is 0 Å². The SMILES string of the molecule is CCCC(C#N)N1c2ccccc2CCc2cc(Cn3c(CC)nc4c(C)cc(C)nc43)ccc21. The van der Waals surface area contributed by atoms with Crippen LogP contribution < -0.4 is 4.90 Å². The lowest BCUT2D eigenvalue weighted by Gasteiger charge is -2.31. The molecule has 3 heterocycles. The smallest absolute Gasteiger partial charge is 0.160 e. The zero-order valence-corrected chi connectivity index (χ0v) is 21.2. The van der Waals surface area contributed by atoms with Crippen LogP contribution in [0.3, 0.4) is 0 Å². The van der Waals surface area contributed by atoms with Gasteiger partial charge in [-0.2, -0.15) is 5.26 Å². The summed E-state index contributed by atoms with van der Waals surface area (Å²) in [7, 11) is 0. The van der Waals surface area contributed by atoms with Crippen LogP contribution in [0.15, 0.2) is 48.5 Å². The van der Waals surface area contributed by atoms with Crippen molar-refractivity contribution in [3.63, 3.8) is 0 Å². The molecule has 5 heteroatoms. The van der Waals surface area contributed by atoms with Gasteiger partial charge in [-0.05, 0) is 73.6 Å². The monoisotopic (exact) mass is 463 g/mol. The number of para-hydroxylation sites is 1. The van der Waals surface area contributed by atoms with Gasteiger partial charge in [-0.3, -0.25) is 0 Å². The van der Waals surface area contributed by atoms with Crippen molar-refractivity contribution in [1.82, 2.24) is 14.5 Å². The topological polar surface area (TPSA) is 57.7 Å². The Bertz CT molecular complexity index is 1420. The van der Waals surface area contributed by atoms with E-state index in [0.29, 0.717) is 0 Å². The van der Waals surface area contributed by atoms with Crippen LogP contribution in [0.5, 0.6) is 0 Å². The van der Waals surface area contributed by atoms with E-state index in [1.807, 2.05) is 6.92 Å². The van der Waals surface area contributed by atoms with Crippen molar-refractivity contribution in [3.8, 4) is 6.07 Å². The van der Waals surface area contributed by atoms with Crippen LogP contribution in [-0.4, -0.2) is 20.6 Å². The molecule has 1 unspecified atom stereocenters. The lowest BCUT2D eigenvalue weighted by atomic mass is 10.0. The Hall–Kier alpha value is -3.65. The second-order valence-electron chi connectivity index (χ2n) is 9.62. The highest BCUT2D eigenvalue weighted by molar-refractivity contribution is 5.76. The molecule has 0 amide bonds. The van der Waals surface area contributed by atoms with Crippen molar-refractivity contribution in [2.45, 2.75) is 72.4 Å². The van der Waals surface area contributed by atoms with Gasteiger partial charge in [0.15, 0.2) is 5.65 Å². The minimum absolute atomic E-state index is 0.178. The fraction of sp³-hybridized carbons (Fsp3) is 0.367. The van der Waals surface area contributed by atoms with E-state index in [1.54, 1.807) is 0 Å². The summed E-state index contributed by atoms with van der Waals surface area (Å²) < 4.78 is 2.27. The summed E-state index contributed by atoms with van der Waals surface area (Å²) in [6, 6.07) is 19.8. The van der Waals surface area contributed by atoms with Crippen molar-refractivity contribution in [3.05, 3.63) is 82.3 Å². The summed E-state index contributed by atoms with van der Waals surface area (Å²) in [4.78, 5) is 12.1. The summed E-state index contributed by atoms with van der Waals surface area (Å²) in [6.45, 7) is 9.21. The minimum atomic E-state index is -0.178. The molecule has 4 aromatic rings. The molecule has 2 aromatic carbocycles. The summed E-state index contributed by atoms with van der Waals surface area (Å²) in [5.74, 6) is 1.07. The molecule has 0 fully saturated rings. The van der Waals surface area contributed by atoms with Crippen LogP contribution in [0, 0.1) is 25.2 Å². The molecule has 2 aromatic heterocycles. The predicted octanol–water partition coefficient (Wildman–Crippen LogP) is 6.59. The zero-order chi connectivity index (χ0) is 24.5. The van der Waals surface area contributed by atoms with Crippen molar-refractivity contribution in [1.29, 1.82) is 5.26 Å². The molecule has 0 aliphatic carbocycles. The maximum Gasteiger partial charge on any atom is 0.160 e. The number of pyridine rings is 1. The van der Waals surface area contributed by atoms with Gasteiger partial charge in [-0.25, -0.2) is 9.97 Å². The van der Waals surface area contributed by atoms with Gasteiger partial charge in [0.05, 0.1) is 12.6 Å². The maximum absolute atomic E-state index is 10.1. The predicted molar refractivity (Wildman–Crippen MR) is 142 cm³/mol. The first-order valence-corrected chi connectivity index (χ1v) is 12.8. The van der Waals surface area contributed by atoms with E-state index < -0.39 is 0 Å². The molecule has 1 atom stereocenters. The van der Waals surface area contributed by atoms with Crippen LogP contribution in [0.4, 0.5) is 11.4 Å². The second kappa shape index (κ2) is 9.54. The molecular formula is C30H33N5. The Morgan fingerprint density at radius 2 is 1.74 bits per heavy atom. The van der Waals surface area contributed by atoms with Crippen molar-refractivity contribution in [2.24, 2.45) is 0 Å². The molecular weight excluding hydrogens is 430 g/mol. The number of aryl methyl sites for hydroxylation is 5. The van der Waals surface area contributed by atoms with Crippen LogP contribution >= 0.6 is 0 Å². The number of nitriles is 1. The largest absolute Gasteiger partial charge is 0.324 e. The van der Waals surface area contributed by atoms with E-state index in [0.717, 1.165) is 67.0 Å². The summed E-state index contributed by atoms with van der Waals surface area (Å²) in [5, 5.41) is 10.1. The fourth-order valence-corrected chi connectivity index (χ4v) is 5.46. The number of imidazole rings is 1. The lowest BCUT2D eigenvalue weighted by Crippen LogP contribution is -2.30. The Morgan fingerprint density at radius 3 is 2.51 bits per heavy atom. The first-order valence-electron chi connectivity index (χ1n) is 12.8. The molecule has 0 radical (unpaired) electrons. The van der Waals surface area contributed by atoms with Crippen LogP contribution in [0.2, 0.25) is 0 Å². The van der Waals surface area contributed by atoms with Crippen molar-refractivity contribution < 1.29 is 0 Å². The quantitative estimate of drug-likeness (QED) is 0.324. The zero-order valence-electron chi connectivity index (χ0n) is 21.2. The number of nitrogens with zero attached hydrogens (tertiary/aromatic N) is 5. The van der Waals surface area contributed by atoms with Gasteiger partial charge in [0.2, 0.25) is 0 Å². The lowest BCUT2D eigenvalue weighted by molar-refractivity contribution is 0.692. The number of hydrogen-bond acceptors (Lipinski definition) is 4. The second-order valence-corrected chi connectivity index (χ2v) is 9.62. The molecule has 0 saturated heterocycles. The highest BCUT2D eigenvalue weighted by Gasteiger charge is 2.27. The van der Waals surface area contributed by atoms with E-state index in [2.05, 4.69) is 84.8 Å². The number of aromatic nitrogens is 3. The summed E-state index contributed by atoms with van der Waals surface area (Å²) in [5.41, 5.74) is 10.4. The third-order valence-electron chi connectivity index (χ3n) is 7.10. The van der Waals surface area contributed by atoms with E-state index >= 15 is 0 Å². The Kier molecular flexibility index (Phi) is 6.30. The molecule has 1 aliphatic heterocycles. The molecule has 0 saturated carbocycles. The Balaban J connectivity index is 1.59. The highest BCUT2D eigenvalue weighted by atomic mass is 15.2. The number of rotatable bonds is 6. The van der Waals surface area contributed by atoms with Gasteiger partial charge in [0, 0.05) is 23.5 Å². The van der Waals surface area contributed by atoms with Crippen molar-refractivity contribution in [2.75, 3.05) is 4.90 Å². The van der Waals surface area contributed by atoms with E-state index in [1.165, 1.54) is 27.9 Å². The van der Waals surface area contributed by atoms with E-state index in [4.69, 9.17) is 9.97 Å². The molecule has 0 N–H and O–H groups in total. The van der Waals surface area contributed by atoms with Crippen LogP contribution in [0.1, 0.15) is 60.5 Å². The number of hydrogen-bond donors (Lipinski definition) is 0.